The smallest absolute Gasteiger partial charge is 0.221 e. The van der Waals surface area contributed by atoms with Crippen LogP contribution >= 0.6 is 0 Å². The maximum atomic E-state index is 12.8. The van der Waals surface area contributed by atoms with Gasteiger partial charge in [0.25, 0.3) is 0 Å². The molecule has 3 unspecified atom stereocenters. The number of amides is 1. The third-order valence-corrected chi connectivity index (χ3v) is 4.59. The van der Waals surface area contributed by atoms with Crippen molar-refractivity contribution < 1.29 is 9.59 Å². The van der Waals surface area contributed by atoms with Crippen LogP contribution in [-0.2, 0) is 22.4 Å². The largest absolute Gasteiger partial charge is 0.369 e. The highest BCUT2D eigenvalue weighted by atomic mass is 16.1. The number of benzene rings is 2. The summed E-state index contributed by atoms with van der Waals surface area (Å²) < 4.78 is 0. The lowest BCUT2D eigenvalue weighted by molar-refractivity contribution is -0.133. The third-order valence-electron chi connectivity index (χ3n) is 4.59. The number of hydrogen-bond donors (Lipinski definition) is 1. The topological polar surface area (TPSA) is 60.2 Å². The van der Waals surface area contributed by atoms with Crippen LogP contribution in [-0.4, -0.2) is 11.7 Å². The molecule has 0 aliphatic rings. The predicted octanol–water partition coefficient (Wildman–Crippen LogP) is 3.41. The first-order valence-electron chi connectivity index (χ1n) is 8.40. The van der Waals surface area contributed by atoms with Crippen LogP contribution in [0.3, 0.4) is 0 Å². The maximum absolute atomic E-state index is 12.8. The number of primary amides is 1. The first kappa shape index (κ1) is 17.9. The van der Waals surface area contributed by atoms with Gasteiger partial charge in [-0.25, -0.2) is 0 Å². The second-order valence-corrected chi connectivity index (χ2v) is 6.48. The fourth-order valence-electron chi connectivity index (χ4n) is 3.11. The summed E-state index contributed by atoms with van der Waals surface area (Å²) in [5, 5.41) is 0. The molecule has 3 heteroatoms. The summed E-state index contributed by atoms with van der Waals surface area (Å²) in [7, 11) is 0. The first-order valence-corrected chi connectivity index (χ1v) is 8.40. The number of nitrogens with two attached hydrogens (primary N) is 1. The Bertz CT molecular complexity index is 667. The van der Waals surface area contributed by atoms with Crippen molar-refractivity contribution in [2.75, 3.05) is 0 Å². The zero-order chi connectivity index (χ0) is 17.5. The molecule has 0 radical (unpaired) electrons. The molecule has 3 atom stereocenters. The summed E-state index contributed by atoms with van der Waals surface area (Å²) in [6, 6.07) is 19.6. The predicted molar refractivity (Wildman–Crippen MR) is 96.3 cm³/mol. The number of carbonyl (C=O) groups excluding carboxylic acids is 2. The second kappa shape index (κ2) is 8.44. The van der Waals surface area contributed by atoms with Gasteiger partial charge in [0.2, 0.25) is 5.91 Å². The lowest BCUT2D eigenvalue weighted by Crippen LogP contribution is -2.36. The Balaban J connectivity index is 2.06. The Morgan fingerprint density at radius 3 is 1.75 bits per heavy atom. The highest BCUT2D eigenvalue weighted by molar-refractivity contribution is 5.89. The first-order chi connectivity index (χ1) is 11.5. The van der Waals surface area contributed by atoms with Gasteiger partial charge in [0.1, 0.15) is 5.78 Å². The van der Waals surface area contributed by atoms with Gasteiger partial charge in [0.15, 0.2) is 0 Å². The third kappa shape index (κ3) is 4.79. The van der Waals surface area contributed by atoms with Crippen LogP contribution in [0.25, 0.3) is 0 Å². The Morgan fingerprint density at radius 1 is 0.833 bits per heavy atom. The highest BCUT2D eigenvalue weighted by Gasteiger charge is 2.31. The summed E-state index contributed by atoms with van der Waals surface area (Å²) in [6.45, 7) is 3.74. The standard InChI is InChI=1S/C21H25NO2/c1-15(13-17-9-5-3-6-10-17)20(23)16(2)19(21(22)24)14-18-11-7-4-8-12-18/h3-12,15-16,19H,13-14H2,1-2H3,(H2,22,24). The van der Waals surface area contributed by atoms with Gasteiger partial charge in [-0.3, -0.25) is 9.59 Å². The molecule has 2 aromatic carbocycles. The fraction of sp³-hybridized carbons (Fsp3) is 0.333. The maximum Gasteiger partial charge on any atom is 0.221 e. The highest BCUT2D eigenvalue weighted by Crippen LogP contribution is 2.23. The molecule has 0 saturated heterocycles. The van der Waals surface area contributed by atoms with E-state index >= 15 is 0 Å². The summed E-state index contributed by atoms with van der Waals surface area (Å²) in [5.41, 5.74) is 7.74. The van der Waals surface area contributed by atoms with Gasteiger partial charge in [-0.15, -0.1) is 0 Å². The summed E-state index contributed by atoms with van der Waals surface area (Å²) >= 11 is 0. The van der Waals surface area contributed by atoms with E-state index in [9.17, 15) is 9.59 Å². The lowest BCUT2D eigenvalue weighted by Gasteiger charge is -2.23. The van der Waals surface area contributed by atoms with Crippen molar-refractivity contribution in [2.45, 2.75) is 26.7 Å². The van der Waals surface area contributed by atoms with Crippen molar-refractivity contribution in [3.8, 4) is 0 Å². The zero-order valence-electron chi connectivity index (χ0n) is 14.3. The average Bonchev–Trinajstić information content (AvgIpc) is 2.60. The molecule has 0 saturated carbocycles. The van der Waals surface area contributed by atoms with Crippen LogP contribution in [0.2, 0.25) is 0 Å². The molecule has 0 aliphatic heterocycles. The van der Waals surface area contributed by atoms with Crippen LogP contribution in [0.4, 0.5) is 0 Å². The van der Waals surface area contributed by atoms with E-state index in [4.69, 9.17) is 5.73 Å². The molecular formula is C21H25NO2. The van der Waals surface area contributed by atoms with Gasteiger partial charge in [-0.2, -0.15) is 0 Å². The van der Waals surface area contributed by atoms with Crippen LogP contribution in [0, 0.1) is 17.8 Å². The minimum Gasteiger partial charge on any atom is -0.369 e. The molecule has 0 aliphatic carbocycles. The Kier molecular flexibility index (Phi) is 6.30. The molecule has 3 nitrogen and oxygen atoms in total. The van der Waals surface area contributed by atoms with E-state index in [-0.39, 0.29) is 17.6 Å². The van der Waals surface area contributed by atoms with Gasteiger partial charge in [-0.05, 0) is 24.0 Å². The summed E-state index contributed by atoms with van der Waals surface area (Å²) in [5.74, 6) is -1.32. The van der Waals surface area contributed by atoms with Crippen LogP contribution < -0.4 is 5.73 Å². The van der Waals surface area contributed by atoms with Crippen molar-refractivity contribution >= 4 is 11.7 Å². The van der Waals surface area contributed by atoms with Crippen LogP contribution in [0.15, 0.2) is 60.7 Å². The van der Waals surface area contributed by atoms with Gasteiger partial charge in [0, 0.05) is 11.8 Å². The number of hydrogen-bond acceptors (Lipinski definition) is 2. The number of carbonyl (C=O) groups is 2. The summed E-state index contributed by atoms with van der Waals surface area (Å²) in [6.07, 6.45) is 1.18. The second-order valence-electron chi connectivity index (χ2n) is 6.48. The molecular weight excluding hydrogens is 298 g/mol. The van der Waals surface area contributed by atoms with Crippen LogP contribution in [0.5, 0.6) is 0 Å². The molecule has 0 fully saturated rings. The van der Waals surface area contributed by atoms with Crippen LogP contribution in [0.1, 0.15) is 25.0 Å². The molecule has 0 bridgehead atoms. The van der Waals surface area contributed by atoms with Crippen molar-refractivity contribution in [1.82, 2.24) is 0 Å². The number of ketones is 1. The SMILES string of the molecule is CC(Cc1ccccc1)C(=O)C(C)C(Cc1ccccc1)C(N)=O. The van der Waals surface area contributed by atoms with Gasteiger partial charge < -0.3 is 5.73 Å². The molecule has 0 aromatic heterocycles. The van der Waals surface area contributed by atoms with Crippen molar-refractivity contribution in [1.29, 1.82) is 0 Å². The average molecular weight is 323 g/mol. The Hall–Kier alpha value is -2.42. The molecule has 0 spiro atoms. The van der Waals surface area contributed by atoms with Gasteiger partial charge in [-0.1, -0.05) is 74.5 Å². The zero-order valence-corrected chi connectivity index (χ0v) is 14.3. The van der Waals surface area contributed by atoms with Crippen molar-refractivity contribution in [3.63, 3.8) is 0 Å². The van der Waals surface area contributed by atoms with E-state index < -0.39 is 11.8 Å². The van der Waals surface area contributed by atoms with Crippen molar-refractivity contribution in [2.24, 2.45) is 23.5 Å². The molecule has 0 heterocycles. The Morgan fingerprint density at radius 2 is 1.29 bits per heavy atom. The van der Waals surface area contributed by atoms with Gasteiger partial charge in [0.05, 0.1) is 5.92 Å². The molecule has 1 amide bonds. The summed E-state index contributed by atoms with van der Waals surface area (Å²) in [4.78, 5) is 24.7. The van der Waals surface area contributed by atoms with Crippen molar-refractivity contribution in [3.05, 3.63) is 71.8 Å². The van der Waals surface area contributed by atoms with E-state index in [0.717, 1.165) is 11.1 Å². The van der Waals surface area contributed by atoms with E-state index in [1.54, 1.807) is 0 Å². The minimum atomic E-state index is -0.474. The molecule has 2 N–H and O–H groups in total. The number of Topliss-reactive ketones (excluding diaryl/α,β-unsaturated/α-hetero) is 1. The molecule has 2 aromatic rings. The lowest BCUT2D eigenvalue weighted by atomic mass is 9.80. The quantitative estimate of drug-likeness (QED) is 0.809. The normalized spacial score (nSPS) is 14.6. The Labute approximate surface area is 143 Å². The van der Waals surface area contributed by atoms with E-state index in [1.165, 1.54) is 0 Å². The van der Waals surface area contributed by atoms with E-state index in [2.05, 4.69) is 0 Å². The molecule has 24 heavy (non-hydrogen) atoms. The molecule has 2 rings (SSSR count). The molecule has 126 valence electrons. The van der Waals surface area contributed by atoms with E-state index in [0.29, 0.717) is 12.8 Å². The monoisotopic (exact) mass is 323 g/mol. The fourth-order valence-corrected chi connectivity index (χ4v) is 3.11. The minimum absolute atomic E-state index is 0.0959. The number of rotatable bonds is 8. The van der Waals surface area contributed by atoms with Gasteiger partial charge >= 0.3 is 0 Å². The van der Waals surface area contributed by atoms with E-state index in [1.807, 2.05) is 74.5 Å².